The Morgan fingerprint density at radius 2 is 1.60 bits per heavy atom. The zero-order valence-electron chi connectivity index (χ0n) is 9.88. The van der Waals surface area contributed by atoms with Crippen LogP contribution in [0.15, 0.2) is 36.4 Å². The van der Waals surface area contributed by atoms with Crippen LogP contribution in [-0.2, 0) is 0 Å². The molecule has 20 heavy (non-hydrogen) atoms. The predicted octanol–water partition coefficient (Wildman–Crippen LogP) is 4.40. The highest BCUT2D eigenvalue weighted by molar-refractivity contribution is 6.31. The number of rotatable bonds is 2. The first-order chi connectivity index (χ1) is 9.47. The molecule has 0 aliphatic rings. The van der Waals surface area contributed by atoms with E-state index in [-0.39, 0.29) is 10.7 Å². The lowest BCUT2D eigenvalue weighted by Gasteiger charge is -2.09. The van der Waals surface area contributed by atoms with Crippen LogP contribution < -0.4 is 10.6 Å². The number of benzene rings is 2. The Balaban J connectivity index is 2.11. The average Bonchev–Trinajstić information content (AvgIpc) is 2.38. The molecule has 0 spiro atoms. The second kappa shape index (κ2) is 5.83. The van der Waals surface area contributed by atoms with Crippen molar-refractivity contribution in [3.63, 3.8) is 0 Å². The topological polar surface area (TPSA) is 41.1 Å². The van der Waals surface area contributed by atoms with Crippen molar-refractivity contribution in [2.45, 2.75) is 0 Å². The van der Waals surface area contributed by atoms with Gasteiger partial charge in [0.15, 0.2) is 0 Å². The lowest BCUT2D eigenvalue weighted by atomic mass is 10.3. The van der Waals surface area contributed by atoms with Gasteiger partial charge in [-0.1, -0.05) is 17.7 Å². The Bertz CT molecular complexity index is 644. The van der Waals surface area contributed by atoms with Gasteiger partial charge in [-0.2, -0.15) is 0 Å². The molecule has 0 saturated heterocycles. The molecule has 0 unspecified atom stereocenters. The standard InChI is InChI=1S/C13H8ClF3N2O/c14-8-6-7(4-5-9(8)15)18-13(20)19-12-10(16)2-1-3-11(12)17/h1-6H,(H2,18,19,20). The molecule has 2 aromatic rings. The van der Waals surface area contributed by atoms with Crippen molar-refractivity contribution in [2.75, 3.05) is 10.6 Å². The zero-order chi connectivity index (χ0) is 14.7. The highest BCUT2D eigenvalue weighted by atomic mass is 35.5. The van der Waals surface area contributed by atoms with E-state index in [2.05, 4.69) is 5.32 Å². The SMILES string of the molecule is O=C(Nc1ccc(F)c(Cl)c1)Nc1c(F)cccc1F. The third kappa shape index (κ3) is 3.21. The minimum Gasteiger partial charge on any atom is -0.308 e. The number of nitrogens with one attached hydrogen (secondary N) is 2. The Morgan fingerprint density at radius 1 is 0.950 bits per heavy atom. The van der Waals surface area contributed by atoms with Crippen molar-refractivity contribution in [3.05, 3.63) is 58.9 Å². The van der Waals surface area contributed by atoms with Crippen LogP contribution in [-0.4, -0.2) is 6.03 Å². The number of anilines is 2. The van der Waals surface area contributed by atoms with Gasteiger partial charge in [0.25, 0.3) is 0 Å². The third-order valence-electron chi connectivity index (χ3n) is 2.38. The summed E-state index contributed by atoms with van der Waals surface area (Å²) in [7, 11) is 0. The van der Waals surface area contributed by atoms with E-state index in [0.717, 1.165) is 18.2 Å². The number of hydrogen-bond acceptors (Lipinski definition) is 1. The highest BCUT2D eigenvalue weighted by Gasteiger charge is 2.12. The Labute approximate surface area is 117 Å². The molecule has 0 radical (unpaired) electrons. The van der Waals surface area contributed by atoms with Crippen LogP contribution in [0.2, 0.25) is 5.02 Å². The summed E-state index contributed by atoms with van der Waals surface area (Å²) in [6, 6.07) is 5.81. The van der Waals surface area contributed by atoms with Gasteiger partial charge in [0.1, 0.15) is 23.1 Å². The van der Waals surface area contributed by atoms with Crippen molar-refractivity contribution < 1.29 is 18.0 Å². The Morgan fingerprint density at radius 3 is 2.20 bits per heavy atom. The van der Waals surface area contributed by atoms with Crippen LogP contribution in [0, 0.1) is 17.5 Å². The fourth-order valence-electron chi connectivity index (χ4n) is 1.47. The summed E-state index contributed by atoms with van der Waals surface area (Å²) < 4.78 is 39.6. The van der Waals surface area contributed by atoms with E-state index in [4.69, 9.17) is 11.6 Å². The monoisotopic (exact) mass is 300 g/mol. The van der Waals surface area contributed by atoms with E-state index in [9.17, 15) is 18.0 Å². The van der Waals surface area contributed by atoms with Crippen molar-refractivity contribution in [2.24, 2.45) is 0 Å². The maximum Gasteiger partial charge on any atom is 0.323 e. The van der Waals surface area contributed by atoms with E-state index < -0.39 is 29.2 Å². The molecule has 0 saturated carbocycles. The number of urea groups is 1. The number of hydrogen-bond donors (Lipinski definition) is 2. The maximum absolute atomic E-state index is 13.3. The van der Waals surface area contributed by atoms with Crippen molar-refractivity contribution in [1.82, 2.24) is 0 Å². The van der Waals surface area contributed by atoms with Crippen molar-refractivity contribution >= 4 is 29.0 Å². The van der Waals surface area contributed by atoms with Gasteiger partial charge >= 0.3 is 6.03 Å². The summed E-state index contributed by atoms with van der Waals surface area (Å²) >= 11 is 5.54. The van der Waals surface area contributed by atoms with Crippen LogP contribution >= 0.6 is 11.6 Å². The van der Waals surface area contributed by atoms with Gasteiger partial charge in [0, 0.05) is 5.69 Å². The fraction of sp³-hybridized carbons (Fsp3) is 0. The lowest BCUT2D eigenvalue weighted by molar-refractivity contribution is 0.262. The molecule has 2 amide bonds. The Hall–Kier alpha value is -2.21. The quantitative estimate of drug-likeness (QED) is 0.848. The first-order valence-corrected chi connectivity index (χ1v) is 5.82. The van der Waals surface area contributed by atoms with Crippen LogP contribution in [0.25, 0.3) is 0 Å². The molecule has 7 heteroatoms. The summed E-state index contributed by atoms with van der Waals surface area (Å²) in [6.45, 7) is 0. The summed E-state index contributed by atoms with van der Waals surface area (Å²) in [5.74, 6) is -2.45. The van der Waals surface area contributed by atoms with Gasteiger partial charge in [-0.15, -0.1) is 0 Å². The first kappa shape index (κ1) is 14.2. The molecule has 0 atom stereocenters. The van der Waals surface area contributed by atoms with Gasteiger partial charge in [-0.05, 0) is 30.3 Å². The van der Waals surface area contributed by atoms with Gasteiger partial charge in [-0.25, -0.2) is 18.0 Å². The second-order valence-electron chi connectivity index (χ2n) is 3.80. The summed E-state index contributed by atoms with van der Waals surface area (Å²) in [6.07, 6.45) is 0. The first-order valence-electron chi connectivity index (χ1n) is 5.44. The maximum atomic E-state index is 13.3. The molecule has 0 aromatic heterocycles. The molecular formula is C13H8ClF3N2O. The van der Waals surface area contributed by atoms with Crippen LogP contribution in [0.1, 0.15) is 0 Å². The number of halogens is 4. The minimum atomic E-state index is -0.905. The lowest BCUT2D eigenvalue weighted by Crippen LogP contribution is -2.21. The molecular weight excluding hydrogens is 293 g/mol. The largest absolute Gasteiger partial charge is 0.323 e. The van der Waals surface area contributed by atoms with Gasteiger partial charge in [0.05, 0.1) is 5.02 Å². The van der Waals surface area contributed by atoms with Crippen LogP contribution in [0.4, 0.5) is 29.3 Å². The molecule has 0 fully saturated rings. The molecule has 2 aromatic carbocycles. The molecule has 104 valence electrons. The number of carbonyl (C=O) groups is 1. The van der Waals surface area contributed by atoms with Crippen molar-refractivity contribution in [3.8, 4) is 0 Å². The predicted molar refractivity (Wildman–Crippen MR) is 70.4 cm³/mol. The molecule has 0 bridgehead atoms. The van der Waals surface area contributed by atoms with Gasteiger partial charge < -0.3 is 10.6 Å². The highest BCUT2D eigenvalue weighted by Crippen LogP contribution is 2.21. The van der Waals surface area contributed by atoms with Gasteiger partial charge in [-0.3, -0.25) is 0 Å². The van der Waals surface area contributed by atoms with Gasteiger partial charge in [0.2, 0.25) is 0 Å². The summed E-state index contributed by atoms with van der Waals surface area (Å²) in [5.41, 5.74) is -0.385. The number of para-hydroxylation sites is 1. The minimum absolute atomic E-state index is 0.181. The third-order valence-corrected chi connectivity index (χ3v) is 2.67. The average molecular weight is 301 g/mol. The normalized spacial score (nSPS) is 10.2. The molecule has 3 nitrogen and oxygen atoms in total. The molecule has 0 heterocycles. The van der Waals surface area contributed by atoms with E-state index >= 15 is 0 Å². The Kier molecular flexibility index (Phi) is 4.14. The molecule has 0 aliphatic carbocycles. The zero-order valence-corrected chi connectivity index (χ0v) is 10.6. The van der Waals surface area contributed by atoms with E-state index in [1.54, 1.807) is 0 Å². The molecule has 0 aliphatic heterocycles. The second-order valence-corrected chi connectivity index (χ2v) is 4.21. The fourth-order valence-corrected chi connectivity index (χ4v) is 1.65. The molecule has 2 rings (SSSR count). The summed E-state index contributed by atoms with van der Waals surface area (Å²) in [4.78, 5) is 11.6. The smallest absolute Gasteiger partial charge is 0.308 e. The van der Waals surface area contributed by atoms with E-state index in [1.807, 2.05) is 5.32 Å². The van der Waals surface area contributed by atoms with Crippen LogP contribution in [0.5, 0.6) is 0 Å². The van der Waals surface area contributed by atoms with Crippen molar-refractivity contribution in [1.29, 1.82) is 0 Å². The summed E-state index contributed by atoms with van der Waals surface area (Å²) in [5, 5.41) is 4.12. The molecule has 2 N–H and O–H groups in total. The number of amides is 2. The van der Waals surface area contributed by atoms with Crippen LogP contribution in [0.3, 0.4) is 0 Å². The number of carbonyl (C=O) groups excluding carboxylic acids is 1. The van der Waals surface area contributed by atoms with E-state index in [1.165, 1.54) is 18.2 Å². The van der Waals surface area contributed by atoms with E-state index in [0.29, 0.717) is 0 Å².